The Hall–Kier alpha value is -3.63. The molecule has 0 aliphatic heterocycles. The number of halogens is 7. The molecule has 2 aromatic carbocycles. The molecule has 0 saturated heterocycles. The summed E-state index contributed by atoms with van der Waals surface area (Å²) in [6.45, 7) is 3.28. The lowest BCUT2D eigenvalue weighted by Gasteiger charge is -2.36. The number of benzene rings is 2. The van der Waals surface area contributed by atoms with Gasteiger partial charge in [0.15, 0.2) is 0 Å². The molecule has 0 unspecified atom stereocenters. The molecule has 1 aromatic heterocycles. The number of hydrogen-bond donors (Lipinski definition) is 2. The molecule has 11 heteroatoms. The summed E-state index contributed by atoms with van der Waals surface area (Å²) in [5.41, 5.74) is -4.44. The van der Waals surface area contributed by atoms with Crippen LogP contribution in [0.2, 0.25) is 0 Å². The van der Waals surface area contributed by atoms with Crippen LogP contribution in [0.4, 0.5) is 35.5 Å². The van der Waals surface area contributed by atoms with Crippen LogP contribution in [0.3, 0.4) is 0 Å². The smallest absolute Gasteiger partial charge is 0.336 e. The monoisotopic (exact) mass is 513 g/mol. The standard InChI is InChI=1S/C25H22F7N3O/c1-15(2)34-22(36)35-23(13-16-6-4-3-5-7-16,21-9-8-17(14-33-21)24(27,28)29)18-10-19(25(30,31)32)12-20(26)11-18/h3-12,14-15H,13H2,1-2H3,(H2,34,35,36)/t23-/m1/s1. The van der Waals surface area contributed by atoms with Gasteiger partial charge in [-0.3, -0.25) is 4.98 Å². The first kappa shape index (κ1) is 27.0. The van der Waals surface area contributed by atoms with Gasteiger partial charge < -0.3 is 10.6 Å². The molecule has 0 aliphatic rings. The third kappa shape index (κ3) is 6.32. The van der Waals surface area contributed by atoms with E-state index < -0.39 is 46.9 Å². The van der Waals surface area contributed by atoms with Crippen molar-refractivity contribution in [2.24, 2.45) is 0 Å². The molecule has 2 amide bonds. The maximum atomic E-state index is 14.5. The number of pyridine rings is 1. The highest BCUT2D eigenvalue weighted by Gasteiger charge is 2.41. The normalized spacial score (nSPS) is 13.8. The van der Waals surface area contributed by atoms with Gasteiger partial charge in [0.2, 0.25) is 0 Å². The van der Waals surface area contributed by atoms with E-state index in [-0.39, 0.29) is 17.7 Å². The lowest BCUT2D eigenvalue weighted by molar-refractivity contribution is -0.138. The number of urea groups is 1. The van der Waals surface area contributed by atoms with Gasteiger partial charge in [-0.05, 0) is 55.3 Å². The Bertz CT molecular complexity index is 1190. The highest BCUT2D eigenvalue weighted by molar-refractivity contribution is 5.76. The Morgan fingerprint density at radius 2 is 1.47 bits per heavy atom. The highest BCUT2D eigenvalue weighted by Crippen LogP contribution is 2.38. The third-order valence-electron chi connectivity index (χ3n) is 5.30. The van der Waals surface area contributed by atoms with Crippen LogP contribution < -0.4 is 10.6 Å². The minimum atomic E-state index is -4.93. The topological polar surface area (TPSA) is 54.0 Å². The summed E-state index contributed by atoms with van der Waals surface area (Å²) >= 11 is 0. The Kier molecular flexibility index (Phi) is 7.61. The van der Waals surface area contributed by atoms with Gasteiger partial charge in [0.25, 0.3) is 0 Å². The van der Waals surface area contributed by atoms with E-state index in [1.165, 1.54) is 0 Å². The Morgan fingerprint density at radius 3 is 2.00 bits per heavy atom. The largest absolute Gasteiger partial charge is 0.417 e. The summed E-state index contributed by atoms with van der Waals surface area (Å²) in [6.07, 6.45) is -9.37. The molecule has 192 valence electrons. The van der Waals surface area contributed by atoms with Crippen molar-refractivity contribution < 1.29 is 35.5 Å². The fourth-order valence-corrected chi connectivity index (χ4v) is 3.73. The van der Waals surface area contributed by atoms with Crippen molar-refractivity contribution in [3.8, 4) is 0 Å². The van der Waals surface area contributed by atoms with E-state index >= 15 is 0 Å². The highest BCUT2D eigenvalue weighted by atomic mass is 19.4. The average Bonchev–Trinajstić information content (AvgIpc) is 2.77. The van der Waals surface area contributed by atoms with Crippen molar-refractivity contribution in [3.05, 3.63) is 101 Å². The van der Waals surface area contributed by atoms with Gasteiger partial charge in [-0.1, -0.05) is 30.3 Å². The zero-order chi connectivity index (χ0) is 26.7. The van der Waals surface area contributed by atoms with Crippen LogP contribution in [0.5, 0.6) is 0 Å². The number of nitrogens with zero attached hydrogens (tertiary/aromatic N) is 1. The van der Waals surface area contributed by atoms with Crippen LogP contribution in [0.25, 0.3) is 0 Å². The molecule has 0 radical (unpaired) electrons. The molecular formula is C25H22F7N3O. The van der Waals surface area contributed by atoms with Crippen LogP contribution in [0, 0.1) is 5.82 Å². The van der Waals surface area contributed by atoms with Gasteiger partial charge >= 0.3 is 18.4 Å². The molecule has 3 rings (SSSR count). The number of aromatic nitrogens is 1. The molecule has 3 aromatic rings. The third-order valence-corrected chi connectivity index (χ3v) is 5.30. The van der Waals surface area contributed by atoms with E-state index in [0.29, 0.717) is 30.0 Å². The van der Waals surface area contributed by atoms with Gasteiger partial charge in [0.1, 0.15) is 11.4 Å². The number of carbonyl (C=O) groups is 1. The van der Waals surface area contributed by atoms with Crippen molar-refractivity contribution in [1.29, 1.82) is 0 Å². The molecular weight excluding hydrogens is 491 g/mol. The minimum absolute atomic E-state index is 0.211. The van der Waals surface area contributed by atoms with Crippen molar-refractivity contribution >= 4 is 6.03 Å². The zero-order valence-electron chi connectivity index (χ0n) is 19.1. The first-order valence-corrected chi connectivity index (χ1v) is 10.8. The van der Waals surface area contributed by atoms with E-state index in [4.69, 9.17) is 0 Å². The van der Waals surface area contributed by atoms with Crippen LogP contribution in [-0.2, 0) is 24.3 Å². The number of amides is 2. The van der Waals surface area contributed by atoms with E-state index in [9.17, 15) is 35.5 Å². The Morgan fingerprint density at radius 1 is 0.861 bits per heavy atom. The molecule has 0 aliphatic carbocycles. The number of rotatable bonds is 6. The van der Waals surface area contributed by atoms with Gasteiger partial charge in [-0.2, -0.15) is 26.3 Å². The molecule has 0 saturated carbocycles. The predicted molar refractivity (Wildman–Crippen MR) is 118 cm³/mol. The molecule has 36 heavy (non-hydrogen) atoms. The van der Waals surface area contributed by atoms with Crippen molar-refractivity contribution in [1.82, 2.24) is 15.6 Å². The summed E-state index contributed by atoms with van der Waals surface area (Å²) in [5.74, 6) is -1.24. The van der Waals surface area contributed by atoms with E-state index in [2.05, 4.69) is 15.6 Å². The predicted octanol–water partition coefficient (Wildman–Crippen LogP) is 6.45. The van der Waals surface area contributed by atoms with Crippen molar-refractivity contribution in [3.63, 3.8) is 0 Å². The molecule has 0 spiro atoms. The summed E-state index contributed by atoms with van der Waals surface area (Å²) < 4.78 is 94.8. The molecule has 2 N–H and O–H groups in total. The molecule has 1 atom stereocenters. The Balaban J connectivity index is 2.31. The van der Waals surface area contributed by atoms with Gasteiger partial charge in [0.05, 0.1) is 16.8 Å². The number of carbonyl (C=O) groups excluding carboxylic acids is 1. The number of nitrogens with one attached hydrogen (secondary N) is 2. The van der Waals surface area contributed by atoms with E-state index in [0.717, 1.165) is 12.1 Å². The molecule has 0 bridgehead atoms. The molecule has 4 nitrogen and oxygen atoms in total. The molecule has 0 fully saturated rings. The van der Waals surface area contributed by atoms with Crippen LogP contribution >= 0.6 is 0 Å². The van der Waals surface area contributed by atoms with Gasteiger partial charge in [0, 0.05) is 18.7 Å². The van der Waals surface area contributed by atoms with Crippen molar-refractivity contribution in [2.75, 3.05) is 0 Å². The fourth-order valence-electron chi connectivity index (χ4n) is 3.73. The lowest BCUT2D eigenvalue weighted by Crippen LogP contribution is -2.53. The average molecular weight is 513 g/mol. The second-order valence-electron chi connectivity index (χ2n) is 8.48. The summed E-state index contributed by atoms with van der Waals surface area (Å²) in [5, 5.41) is 5.12. The van der Waals surface area contributed by atoms with Crippen LogP contribution in [0.1, 0.15) is 41.8 Å². The quantitative estimate of drug-likeness (QED) is 0.372. The first-order valence-electron chi connectivity index (χ1n) is 10.8. The SMILES string of the molecule is CC(C)NC(=O)N[C@](Cc1ccccc1)(c1cc(F)cc(C(F)(F)F)c1)c1ccc(C(F)(F)F)cn1. The summed E-state index contributed by atoms with van der Waals surface area (Å²) in [6, 6.07) is 10.4. The maximum absolute atomic E-state index is 14.5. The van der Waals surface area contributed by atoms with Gasteiger partial charge in [-0.15, -0.1) is 0 Å². The Labute approximate surface area is 202 Å². The van der Waals surface area contributed by atoms with Crippen molar-refractivity contribution in [2.45, 2.75) is 44.2 Å². The number of hydrogen-bond acceptors (Lipinski definition) is 2. The summed E-state index contributed by atoms with van der Waals surface area (Å²) in [7, 11) is 0. The van der Waals surface area contributed by atoms with E-state index in [1.54, 1.807) is 44.2 Å². The second kappa shape index (κ2) is 10.2. The first-order chi connectivity index (χ1) is 16.7. The summed E-state index contributed by atoms with van der Waals surface area (Å²) in [4.78, 5) is 16.7. The van der Waals surface area contributed by atoms with Gasteiger partial charge in [-0.25, -0.2) is 9.18 Å². The van der Waals surface area contributed by atoms with E-state index in [1.807, 2.05) is 0 Å². The maximum Gasteiger partial charge on any atom is 0.417 e. The lowest BCUT2D eigenvalue weighted by atomic mass is 9.79. The minimum Gasteiger partial charge on any atom is -0.336 e. The fraction of sp³-hybridized carbons (Fsp3) is 0.280. The van der Waals surface area contributed by atoms with Crippen LogP contribution in [0.15, 0.2) is 66.9 Å². The second-order valence-corrected chi connectivity index (χ2v) is 8.48. The number of alkyl halides is 6. The van der Waals surface area contributed by atoms with Crippen LogP contribution in [-0.4, -0.2) is 17.1 Å². The zero-order valence-corrected chi connectivity index (χ0v) is 19.1. The molecule has 1 heterocycles.